The molecule has 1 fully saturated rings. The fraction of sp³-hybridized carbons (Fsp3) is 0.281. The first-order chi connectivity index (χ1) is 22.9. The van der Waals surface area contributed by atoms with Gasteiger partial charge in [0, 0.05) is 55.6 Å². The number of nitrogens with one attached hydrogen (secondary N) is 1. The molecule has 8 rings (SSSR count). The van der Waals surface area contributed by atoms with Gasteiger partial charge in [0.25, 0.3) is 0 Å². The zero-order chi connectivity index (χ0) is 32.2. The average Bonchev–Trinajstić information content (AvgIpc) is 3.81. The summed E-state index contributed by atoms with van der Waals surface area (Å²) in [5.74, 6) is 0.865. The number of fused-ring (bicyclic) bond motifs is 6. The molecular formula is C32H29ClFN11O2. The Bertz CT molecular complexity index is 2170. The molecule has 2 aromatic carbocycles. The minimum atomic E-state index is -0.524. The molecule has 0 saturated carbocycles. The summed E-state index contributed by atoms with van der Waals surface area (Å²) < 4.78 is 23.1. The summed E-state index contributed by atoms with van der Waals surface area (Å²) in [7, 11) is 3.30. The fourth-order valence-electron chi connectivity index (χ4n) is 6.62. The molecule has 0 unspecified atom stereocenters. The lowest BCUT2D eigenvalue weighted by Gasteiger charge is -2.29. The number of rotatable bonds is 3. The van der Waals surface area contributed by atoms with Crippen LogP contribution in [-0.2, 0) is 11.3 Å². The van der Waals surface area contributed by atoms with E-state index in [-0.39, 0.29) is 11.9 Å². The number of hydrogen-bond acceptors (Lipinski definition) is 10. The van der Waals surface area contributed by atoms with Crippen LogP contribution in [0.2, 0.25) is 5.02 Å². The first kappa shape index (κ1) is 29.1. The summed E-state index contributed by atoms with van der Waals surface area (Å²) in [5.41, 5.74) is 4.31. The number of carbonyl (C=O) groups excluding carboxylic acids is 1. The van der Waals surface area contributed by atoms with Gasteiger partial charge in [-0.05, 0) is 43.2 Å². The zero-order valence-electron chi connectivity index (χ0n) is 25.5. The van der Waals surface area contributed by atoms with Crippen molar-refractivity contribution in [1.29, 1.82) is 0 Å². The van der Waals surface area contributed by atoms with Gasteiger partial charge < -0.3 is 24.4 Å². The van der Waals surface area contributed by atoms with Crippen molar-refractivity contribution >= 4 is 51.3 Å². The standard InChI is InChI=1S/C32H29ClFN11O2/c1-42-8-3-9-43-17-38-24-11-18(33)10-21(28(24)43)23-6-7-35-32(41-23)40-20-13-26(31(42)46)44(15-20)29-22-14-39-45(30(22)37-16-36-29)25-5-4-19(34)12-27(25)47-2/h4-7,10-12,14,16-17,20,26H,3,8-9,13,15H2,1-2H3,(H,35,40,41)/t20-,26-/m0/s1. The first-order valence-corrected chi connectivity index (χ1v) is 15.5. The van der Waals surface area contributed by atoms with Crippen LogP contribution in [0.5, 0.6) is 5.75 Å². The summed E-state index contributed by atoms with van der Waals surface area (Å²) in [5, 5.41) is 9.25. The lowest BCUT2D eigenvalue weighted by molar-refractivity contribution is -0.131. The van der Waals surface area contributed by atoms with Gasteiger partial charge in [-0.2, -0.15) is 5.10 Å². The molecule has 1 N–H and O–H groups in total. The highest BCUT2D eigenvalue weighted by molar-refractivity contribution is 6.31. The number of halogens is 2. The fourth-order valence-corrected chi connectivity index (χ4v) is 6.83. The van der Waals surface area contributed by atoms with Crippen LogP contribution in [0, 0.1) is 5.82 Å². The molecule has 47 heavy (non-hydrogen) atoms. The van der Waals surface area contributed by atoms with Gasteiger partial charge in [-0.15, -0.1) is 0 Å². The molecule has 1 amide bonds. The Morgan fingerprint density at radius 2 is 1.98 bits per heavy atom. The van der Waals surface area contributed by atoms with E-state index in [4.69, 9.17) is 21.3 Å². The number of amides is 1. The van der Waals surface area contributed by atoms with Gasteiger partial charge in [0.2, 0.25) is 11.9 Å². The number of ether oxygens (including phenoxy) is 1. The van der Waals surface area contributed by atoms with E-state index >= 15 is 0 Å². The number of aromatic nitrogens is 8. The summed E-state index contributed by atoms with van der Waals surface area (Å²) in [6, 6.07) is 9.12. The summed E-state index contributed by atoms with van der Waals surface area (Å²) in [4.78, 5) is 41.0. The van der Waals surface area contributed by atoms with Crippen molar-refractivity contribution in [2.24, 2.45) is 0 Å². The maximum absolute atomic E-state index is 14.1. The van der Waals surface area contributed by atoms with Crippen molar-refractivity contribution in [3.63, 3.8) is 0 Å². The number of hydrogen-bond donors (Lipinski definition) is 1. The predicted molar refractivity (Wildman–Crippen MR) is 174 cm³/mol. The molecule has 1 saturated heterocycles. The SMILES string of the molecule is COc1cc(F)ccc1-n1ncc2c(N3C[C@@H]4C[C@H]3C(=O)N(C)CCCn3cnc5cc(Cl)cc(c53)-c3ccnc(n3)N4)ncnc21. The Hall–Kier alpha value is -5.37. The average molecular weight is 654 g/mol. The van der Waals surface area contributed by atoms with Crippen LogP contribution >= 0.6 is 11.6 Å². The highest BCUT2D eigenvalue weighted by Gasteiger charge is 2.40. The van der Waals surface area contributed by atoms with Gasteiger partial charge in [-0.1, -0.05) is 11.6 Å². The van der Waals surface area contributed by atoms with E-state index in [9.17, 15) is 9.18 Å². The second-order valence-corrected chi connectivity index (χ2v) is 12.1. The van der Waals surface area contributed by atoms with Crippen LogP contribution in [0.3, 0.4) is 0 Å². The van der Waals surface area contributed by atoms with Gasteiger partial charge in [-0.25, -0.2) is 34.0 Å². The summed E-state index contributed by atoms with van der Waals surface area (Å²) in [6.45, 7) is 1.64. The van der Waals surface area contributed by atoms with Crippen LogP contribution in [0.4, 0.5) is 16.2 Å². The van der Waals surface area contributed by atoms with E-state index in [1.54, 1.807) is 34.4 Å². The van der Waals surface area contributed by atoms with Crippen molar-refractivity contribution in [1.82, 2.24) is 44.2 Å². The van der Waals surface area contributed by atoms with Crippen molar-refractivity contribution < 1.29 is 13.9 Å². The van der Waals surface area contributed by atoms with Gasteiger partial charge in [0.05, 0.1) is 41.7 Å². The Morgan fingerprint density at radius 1 is 1.09 bits per heavy atom. The predicted octanol–water partition coefficient (Wildman–Crippen LogP) is 4.34. The molecule has 13 nitrogen and oxygen atoms in total. The third-order valence-corrected chi connectivity index (χ3v) is 9.00. The van der Waals surface area contributed by atoms with E-state index < -0.39 is 11.9 Å². The van der Waals surface area contributed by atoms with Crippen LogP contribution < -0.4 is 15.0 Å². The Kier molecular flexibility index (Phi) is 7.08. The number of aryl methyl sites for hydroxylation is 1. The maximum Gasteiger partial charge on any atom is 0.245 e. The second kappa shape index (κ2) is 11.5. The minimum absolute atomic E-state index is 0.0267. The van der Waals surface area contributed by atoms with Crippen molar-refractivity contribution in [2.75, 3.05) is 37.5 Å². The largest absolute Gasteiger partial charge is 0.494 e. The third-order valence-electron chi connectivity index (χ3n) is 8.78. The zero-order valence-corrected chi connectivity index (χ0v) is 26.3. The summed E-state index contributed by atoms with van der Waals surface area (Å²) >= 11 is 6.51. The highest BCUT2D eigenvalue weighted by atomic mass is 35.5. The topological polar surface area (TPSA) is 132 Å². The molecule has 2 atom stereocenters. The molecule has 0 spiro atoms. The minimum Gasteiger partial charge on any atom is -0.494 e. The molecule has 4 bridgehead atoms. The van der Waals surface area contributed by atoms with Gasteiger partial charge in [0.1, 0.15) is 35.4 Å². The van der Waals surface area contributed by atoms with E-state index in [2.05, 4.69) is 34.9 Å². The van der Waals surface area contributed by atoms with Crippen LogP contribution in [0.15, 0.2) is 61.4 Å². The monoisotopic (exact) mass is 653 g/mol. The van der Waals surface area contributed by atoms with Crippen molar-refractivity contribution in [3.05, 3.63) is 72.3 Å². The Morgan fingerprint density at radius 3 is 2.85 bits per heavy atom. The van der Waals surface area contributed by atoms with Crippen molar-refractivity contribution in [2.45, 2.75) is 31.5 Å². The van der Waals surface area contributed by atoms with Crippen LogP contribution in [-0.4, -0.2) is 89.4 Å². The molecule has 2 aliphatic heterocycles. The number of anilines is 2. The molecule has 238 valence electrons. The molecule has 4 aromatic heterocycles. The van der Waals surface area contributed by atoms with E-state index in [1.165, 1.54) is 25.6 Å². The van der Waals surface area contributed by atoms with E-state index in [1.807, 2.05) is 30.1 Å². The number of carbonyl (C=O) groups is 1. The van der Waals surface area contributed by atoms with Crippen LogP contribution in [0.1, 0.15) is 12.8 Å². The molecule has 6 heterocycles. The number of methoxy groups -OCH3 is 1. The summed E-state index contributed by atoms with van der Waals surface area (Å²) in [6.07, 6.45) is 7.83. The molecule has 6 aromatic rings. The smallest absolute Gasteiger partial charge is 0.245 e. The third kappa shape index (κ3) is 5.04. The van der Waals surface area contributed by atoms with E-state index in [0.717, 1.165) is 16.6 Å². The van der Waals surface area contributed by atoms with Gasteiger partial charge in [-0.3, -0.25) is 4.79 Å². The molecule has 0 radical (unpaired) electrons. The number of benzene rings is 2. The number of likely N-dealkylation sites (N-methyl/N-ethyl adjacent to an activating group) is 1. The highest BCUT2D eigenvalue weighted by Crippen LogP contribution is 2.35. The maximum atomic E-state index is 14.1. The van der Waals surface area contributed by atoms with E-state index in [0.29, 0.717) is 77.4 Å². The molecule has 2 aliphatic rings. The number of nitrogens with zero attached hydrogens (tertiary/aromatic N) is 10. The lowest BCUT2D eigenvalue weighted by atomic mass is 10.1. The Labute approximate surface area is 273 Å². The molecule has 15 heteroatoms. The van der Waals surface area contributed by atoms with Gasteiger partial charge >= 0.3 is 0 Å². The van der Waals surface area contributed by atoms with Crippen molar-refractivity contribution in [3.8, 4) is 22.7 Å². The number of imidazole rings is 1. The molecule has 0 aliphatic carbocycles. The lowest BCUT2D eigenvalue weighted by Crippen LogP contribution is -2.45. The second-order valence-electron chi connectivity index (χ2n) is 11.7. The quantitative estimate of drug-likeness (QED) is 0.294. The first-order valence-electron chi connectivity index (χ1n) is 15.2. The molecular weight excluding hydrogens is 625 g/mol. The van der Waals surface area contributed by atoms with Crippen LogP contribution in [0.25, 0.3) is 39.0 Å². The van der Waals surface area contributed by atoms with Gasteiger partial charge in [0.15, 0.2) is 5.65 Å². The Balaban J connectivity index is 1.19. The normalized spacial score (nSPS) is 18.3.